The number of halogens is 1. The first-order valence-electron chi connectivity index (χ1n) is 6.96. The van der Waals surface area contributed by atoms with Crippen molar-refractivity contribution in [2.75, 3.05) is 13.2 Å². The maximum atomic E-state index is 6.07. The van der Waals surface area contributed by atoms with Gasteiger partial charge in [0.05, 0.1) is 6.04 Å². The molecule has 3 heteroatoms. The molecule has 0 heterocycles. The summed E-state index contributed by atoms with van der Waals surface area (Å²) in [5.41, 5.74) is 1.15. The lowest BCUT2D eigenvalue weighted by Gasteiger charge is -2.20. The molecular formula is C17H20ClNO. The lowest BCUT2D eigenvalue weighted by atomic mass is 10.1. The van der Waals surface area contributed by atoms with E-state index in [-0.39, 0.29) is 6.04 Å². The SMILES string of the molecule is CCCNC(COc1ccccc1)c1cccc(Cl)c1. The van der Waals surface area contributed by atoms with Crippen molar-refractivity contribution in [3.8, 4) is 5.75 Å². The zero-order valence-electron chi connectivity index (χ0n) is 11.7. The summed E-state index contributed by atoms with van der Waals surface area (Å²) < 4.78 is 5.85. The Hall–Kier alpha value is -1.51. The Morgan fingerprint density at radius 3 is 2.60 bits per heavy atom. The Labute approximate surface area is 125 Å². The molecule has 1 N–H and O–H groups in total. The summed E-state index contributed by atoms with van der Waals surface area (Å²) >= 11 is 6.07. The lowest BCUT2D eigenvalue weighted by Crippen LogP contribution is -2.27. The summed E-state index contributed by atoms with van der Waals surface area (Å²) in [6.07, 6.45) is 1.09. The minimum absolute atomic E-state index is 0.147. The van der Waals surface area contributed by atoms with E-state index in [9.17, 15) is 0 Å². The van der Waals surface area contributed by atoms with E-state index in [2.05, 4.69) is 18.3 Å². The first-order chi connectivity index (χ1) is 9.79. The highest BCUT2D eigenvalue weighted by Crippen LogP contribution is 2.19. The highest BCUT2D eigenvalue weighted by molar-refractivity contribution is 6.30. The third kappa shape index (κ3) is 4.55. The fraction of sp³-hybridized carbons (Fsp3) is 0.294. The van der Waals surface area contributed by atoms with Crippen LogP contribution in [-0.4, -0.2) is 13.2 Å². The molecule has 0 bridgehead atoms. The van der Waals surface area contributed by atoms with E-state index in [4.69, 9.17) is 16.3 Å². The first-order valence-corrected chi connectivity index (χ1v) is 7.34. The van der Waals surface area contributed by atoms with E-state index in [1.54, 1.807) is 0 Å². The number of hydrogen-bond acceptors (Lipinski definition) is 2. The Bertz CT molecular complexity index is 515. The van der Waals surface area contributed by atoms with Gasteiger partial charge in [-0.2, -0.15) is 0 Å². The topological polar surface area (TPSA) is 21.3 Å². The van der Waals surface area contributed by atoms with Crippen LogP contribution in [0.15, 0.2) is 54.6 Å². The molecule has 106 valence electrons. The molecule has 2 nitrogen and oxygen atoms in total. The predicted octanol–water partition coefficient (Wildman–Crippen LogP) is 4.46. The van der Waals surface area contributed by atoms with Crippen molar-refractivity contribution in [1.29, 1.82) is 0 Å². The molecular weight excluding hydrogens is 270 g/mol. The van der Waals surface area contributed by atoms with Gasteiger partial charge in [0.15, 0.2) is 0 Å². The summed E-state index contributed by atoms with van der Waals surface area (Å²) in [5.74, 6) is 0.887. The molecule has 0 spiro atoms. The van der Waals surface area contributed by atoms with Crippen LogP contribution in [0.25, 0.3) is 0 Å². The van der Waals surface area contributed by atoms with Crippen LogP contribution in [-0.2, 0) is 0 Å². The normalized spacial score (nSPS) is 12.1. The van der Waals surface area contributed by atoms with Gasteiger partial charge in [0.1, 0.15) is 12.4 Å². The molecule has 0 radical (unpaired) electrons. The third-order valence-corrected chi connectivity index (χ3v) is 3.29. The standard InChI is InChI=1S/C17H20ClNO/c1-2-11-19-17(14-7-6-8-15(18)12-14)13-20-16-9-4-3-5-10-16/h3-10,12,17,19H,2,11,13H2,1H3. The molecule has 0 aliphatic rings. The fourth-order valence-corrected chi connectivity index (χ4v) is 2.21. The number of hydrogen-bond donors (Lipinski definition) is 1. The van der Waals surface area contributed by atoms with Crippen molar-refractivity contribution < 1.29 is 4.74 Å². The molecule has 2 rings (SSSR count). The van der Waals surface area contributed by atoms with Crippen molar-refractivity contribution in [2.45, 2.75) is 19.4 Å². The molecule has 2 aromatic carbocycles. The van der Waals surface area contributed by atoms with E-state index < -0.39 is 0 Å². The first kappa shape index (κ1) is 14.9. The Morgan fingerprint density at radius 2 is 1.90 bits per heavy atom. The van der Waals surface area contributed by atoms with E-state index in [0.717, 1.165) is 29.3 Å². The average Bonchev–Trinajstić information content (AvgIpc) is 2.48. The van der Waals surface area contributed by atoms with Gasteiger partial charge in [-0.05, 0) is 42.8 Å². The predicted molar refractivity (Wildman–Crippen MR) is 84.4 cm³/mol. The maximum Gasteiger partial charge on any atom is 0.119 e. The number of rotatable bonds is 7. The molecule has 20 heavy (non-hydrogen) atoms. The molecule has 0 saturated heterocycles. The van der Waals surface area contributed by atoms with E-state index in [0.29, 0.717) is 6.61 Å². The van der Waals surface area contributed by atoms with Crippen LogP contribution in [0.2, 0.25) is 5.02 Å². The van der Waals surface area contributed by atoms with E-state index >= 15 is 0 Å². The van der Waals surface area contributed by atoms with Gasteiger partial charge in [-0.15, -0.1) is 0 Å². The maximum absolute atomic E-state index is 6.07. The zero-order chi connectivity index (χ0) is 14.2. The van der Waals surface area contributed by atoms with Crippen LogP contribution in [0, 0.1) is 0 Å². The van der Waals surface area contributed by atoms with Gasteiger partial charge in [0.2, 0.25) is 0 Å². The van der Waals surface area contributed by atoms with Crippen molar-refractivity contribution in [3.63, 3.8) is 0 Å². The van der Waals surface area contributed by atoms with Gasteiger partial charge in [-0.3, -0.25) is 0 Å². The van der Waals surface area contributed by atoms with Gasteiger partial charge < -0.3 is 10.1 Å². The van der Waals surface area contributed by atoms with Crippen LogP contribution < -0.4 is 10.1 Å². The van der Waals surface area contributed by atoms with Gasteiger partial charge >= 0.3 is 0 Å². The highest BCUT2D eigenvalue weighted by Gasteiger charge is 2.12. The monoisotopic (exact) mass is 289 g/mol. The molecule has 0 saturated carbocycles. The van der Waals surface area contributed by atoms with Crippen LogP contribution in [0.4, 0.5) is 0 Å². The summed E-state index contributed by atoms with van der Waals surface area (Å²) in [6, 6.07) is 17.9. The molecule has 2 aromatic rings. The second-order valence-corrected chi connectivity index (χ2v) is 5.12. The number of ether oxygens (including phenoxy) is 1. The molecule has 0 aliphatic carbocycles. The molecule has 0 aromatic heterocycles. The van der Waals surface area contributed by atoms with Crippen molar-refractivity contribution in [3.05, 3.63) is 65.2 Å². The number of para-hydroxylation sites is 1. The lowest BCUT2D eigenvalue weighted by molar-refractivity contribution is 0.266. The smallest absolute Gasteiger partial charge is 0.119 e. The summed E-state index contributed by atoms with van der Waals surface area (Å²) in [6.45, 7) is 3.69. The summed E-state index contributed by atoms with van der Waals surface area (Å²) in [7, 11) is 0. The Morgan fingerprint density at radius 1 is 1.10 bits per heavy atom. The third-order valence-electron chi connectivity index (χ3n) is 3.05. The Balaban J connectivity index is 2.03. The van der Waals surface area contributed by atoms with Crippen LogP contribution in [0.1, 0.15) is 24.9 Å². The fourth-order valence-electron chi connectivity index (χ4n) is 2.01. The van der Waals surface area contributed by atoms with Crippen molar-refractivity contribution in [1.82, 2.24) is 5.32 Å². The van der Waals surface area contributed by atoms with Gasteiger partial charge in [0, 0.05) is 5.02 Å². The van der Waals surface area contributed by atoms with Crippen LogP contribution in [0.5, 0.6) is 5.75 Å². The van der Waals surface area contributed by atoms with Crippen molar-refractivity contribution >= 4 is 11.6 Å². The minimum atomic E-state index is 0.147. The Kier molecular flexibility index (Phi) is 5.90. The van der Waals surface area contributed by atoms with Crippen LogP contribution in [0.3, 0.4) is 0 Å². The largest absolute Gasteiger partial charge is 0.492 e. The van der Waals surface area contributed by atoms with E-state index in [1.165, 1.54) is 0 Å². The molecule has 0 aliphatic heterocycles. The highest BCUT2D eigenvalue weighted by atomic mass is 35.5. The molecule has 1 unspecified atom stereocenters. The zero-order valence-corrected chi connectivity index (χ0v) is 12.4. The number of nitrogens with one attached hydrogen (secondary N) is 1. The molecule has 1 atom stereocenters. The van der Waals surface area contributed by atoms with Gasteiger partial charge in [0.25, 0.3) is 0 Å². The van der Waals surface area contributed by atoms with Gasteiger partial charge in [-0.25, -0.2) is 0 Å². The second kappa shape index (κ2) is 7.93. The van der Waals surface area contributed by atoms with Crippen LogP contribution >= 0.6 is 11.6 Å². The minimum Gasteiger partial charge on any atom is -0.492 e. The van der Waals surface area contributed by atoms with E-state index in [1.807, 2.05) is 48.5 Å². The van der Waals surface area contributed by atoms with Crippen molar-refractivity contribution in [2.24, 2.45) is 0 Å². The summed E-state index contributed by atoms with van der Waals surface area (Å²) in [4.78, 5) is 0. The average molecular weight is 290 g/mol. The number of benzene rings is 2. The second-order valence-electron chi connectivity index (χ2n) is 4.69. The molecule has 0 amide bonds. The quantitative estimate of drug-likeness (QED) is 0.812. The van der Waals surface area contributed by atoms with Gasteiger partial charge in [-0.1, -0.05) is 48.9 Å². The summed E-state index contributed by atoms with van der Waals surface area (Å²) in [5, 5.41) is 4.25. The molecule has 0 fully saturated rings.